The second-order valence-electron chi connectivity index (χ2n) is 7.02. The molecule has 138 valence electrons. The zero-order valence-electron chi connectivity index (χ0n) is 15.4. The lowest BCUT2D eigenvalue weighted by molar-refractivity contribution is -0.918. The Balaban J connectivity index is 1.74. The van der Waals surface area contributed by atoms with Crippen molar-refractivity contribution in [2.24, 2.45) is 4.99 Å². The first-order chi connectivity index (χ1) is 12.7. The molecule has 0 spiro atoms. The summed E-state index contributed by atoms with van der Waals surface area (Å²) >= 11 is 0. The first kappa shape index (κ1) is 18.5. The minimum Gasteiger partial charge on any atom is -0.505 e. The predicted molar refractivity (Wildman–Crippen MR) is 103 cm³/mol. The van der Waals surface area contributed by atoms with Crippen LogP contribution in [0.1, 0.15) is 47.2 Å². The summed E-state index contributed by atoms with van der Waals surface area (Å²) in [7, 11) is 0. The summed E-state index contributed by atoms with van der Waals surface area (Å²) in [5.74, 6) is 0.0892. The van der Waals surface area contributed by atoms with E-state index in [1.165, 1.54) is 43.5 Å². The smallest absolute Gasteiger partial charge is 0.145 e. The molecular formula is C21H28N3O2+. The molecule has 0 saturated carbocycles. The van der Waals surface area contributed by atoms with Crippen LogP contribution in [0.3, 0.4) is 0 Å². The lowest BCUT2D eigenvalue weighted by atomic mass is 10.0. The van der Waals surface area contributed by atoms with Gasteiger partial charge in [-0.05, 0) is 31.7 Å². The Kier molecular flexibility index (Phi) is 6.36. The molecule has 26 heavy (non-hydrogen) atoms. The fourth-order valence-electron chi connectivity index (χ4n) is 3.54. The predicted octanol–water partition coefficient (Wildman–Crippen LogP) is 1.78. The van der Waals surface area contributed by atoms with E-state index < -0.39 is 0 Å². The van der Waals surface area contributed by atoms with Gasteiger partial charge >= 0.3 is 0 Å². The number of quaternary nitrogens is 1. The topological polar surface area (TPSA) is 70.2 Å². The largest absolute Gasteiger partial charge is 0.505 e. The number of pyridine rings is 1. The van der Waals surface area contributed by atoms with E-state index >= 15 is 0 Å². The quantitative estimate of drug-likeness (QED) is 0.693. The Hall–Kier alpha value is -2.24. The lowest BCUT2D eigenvalue weighted by Crippen LogP contribution is -3.11. The molecule has 0 radical (unpaired) electrons. The molecule has 1 fully saturated rings. The Bertz CT molecular complexity index is 768. The fourth-order valence-corrected chi connectivity index (χ4v) is 3.54. The second-order valence-corrected chi connectivity index (χ2v) is 7.02. The molecule has 1 aliphatic heterocycles. The van der Waals surface area contributed by atoms with Crippen molar-refractivity contribution in [3.05, 3.63) is 58.4 Å². The number of aliphatic imine (C=N–C) groups is 1. The standard InChI is InChI=1S/C21H27N3O2/c1-16-21(26)20(19(15-25)12-23-16)13-22-11-17-7-3-4-8-18(17)14-24-9-5-2-6-10-24/h3-4,7-8,12-13,25-26H,2,5-6,9-11,14-15H2,1H3/p+1. The number of hydrogen-bond acceptors (Lipinski definition) is 4. The number of aliphatic hydroxyl groups is 1. The minimum absolute atomic E-state index is 0.0892. The van der Waals surface area contributed by atoms with E-state index in [2.05, 4.69) is 28.2 Å². The number of rotatable bonds is 6. The van der Waals surface area contributed by atoms with Crippen LogP contribution in [0.15, 0.2) is 35.5 Å². The summed E-state index contributed by atoms with van der Waals surface area (Å²) in [6, 6.07) is 8.46. The Morgan fingerprint density at radius 3 is 2.58 bits per heavy atom. The third-order valence-corrected chi connectivity index (χ3v) is 5.13. The third-order valence-electron chi connectivity index (χ3n) is 5.13. The maximum absolute atomic E-state index is 10.2. The number of benzene rings is 1. The first-order valence-corrected chi connectivity index (χ1v) is 9.37. The summed E-state index contributed by atoms with van der Waals surface area (Å²) in [4.78, 5) is 10.3. The highest BCUT2D eigenvalue weighted by molar-refractivity contribution is 5.85. The highest BCUT2D eigenvalue weighted by Gasteiger charge is 2.15. The van der Waals surface area contributed by atoms with E-state index in [1.807, 2.05) is 6.07 Å². The molecule has 5 nitrogen and oxygen atoms in total. The van der Waals surface area contributed by atoms with Crippen LogP contribution in [0.5, 0.6) is 5.75 Å². The van der Waals surface area contributed by atoms with Gasteiger partial charge in [-0.2, -0.15) is 0 Å². The van der Waals surface area contributed by atoms with E-state index in [-0.39, 0.29) is 12.4 Å². The molecule has 2 aromatic rings. The van der Waals surface area contributed by atoms with Crippen LogP contribution in [-0.4, -0.2) is 34.5 Å². The highest BCUT2D eigenvalue weighted by atomic mass is 16.3. The first-order valence-electron chi connectivity index (χ1n) is 9.37. The lowest BCUT2D eigenvalue weighted by Gasteiger charge is -2.24. The van der Waals surface area contributed by atoms with Crippen molar-refractivity contribution >= 4 is 6.21 Å². The number of aromatic hydroxyl groups is 1. The number of likely N-dealkylation sites (tertiary alicyclic amines) is 1. The van der Waals surface area contributed by atoms with Crippen LogP contribution >= 0.6 is 0 Å². The van der Waals surface area contributed by atoms with Crippen LogP contribution in [0, 0.1) is 6.92 Å². The maximum atomic E-state index is 10.2. The molecule has 2 heterocycles. The molecule has 3 rings (SSSR count). The van der Waals surface area contributed by atoms with E-state index in [9.17, 15) is 10.2 Å². The number of aryl methyl sites for hydroxylation is 1. The van der Waals surface area contributed by atoms with E-state index in [4.69, 9.17) is 0 Å². The molecule has 1 aromatic carbocycles. The molecule has 0 aliphatic carbocycles. The van der Waals surface area contributed by atoms with Gasteiger partial charge in [0, 0.05) is 29.1 Å². The number of nitrogens with one attached hydrogen (secondary N) is 1. The van der Waals surface area contributed by atoms with Crippen molar-refractivity contribution in [2.45, 2.75) is 45.9 Å². The zero-order valence-corrected chi connectivity index (χ0v) is 15.4. The summed E-state index contributed by atoms with van der Waals surface area (Å²) in [6.07, 6.45) is 7.24. The van der Waals surface area contributed by atoms with Crippen molar-refractivity contribution in [3.8, 4) is 5.75 Å². The monoisotopic (exact) mass is 354 g/mol. The van der Waals surface area contributed by atoms with Crippen LogP contribution in [0.2, 0.25) is 0 Å². The molecule has 0 atom stereocenters. The van der Waals surface area contributed by atoms with Gasteiger partial charge in [-0.25, -0.2) is 0 Å². The average Bonchev–Trinajstić information content (AvgIpc) is 2.67. The average molecular weight is 354 g/mol. The van der Waals surface area contributed by atoms with Gasteiger partial charge in [0.05, 0.1) is 31.9 Å². The number of hydrogen-bond donors (Lipinski definition) is 3. The van der Waals surface area contributed by atoms with Crippen molar-refractivity contribution in [1.82, 2.24) is 4.98 Å². The number of aliphatic hydroxyl groups excluding tert-OH is 1. The van der Waals surface area contributed by atoms with Crippen LogP contribution in [0.25, 0.3) is 0 Å². The molecule has 0 amide bonds. The number of nitrogens with zero attached hydrogens (tertiary/aromatic N) is 2. The van der Waals surface area contributed by atoms with Crippen LogP contribution in [0.4, 0.5) is 0 Å². The van der Waals surface area contributed by atoms with E-state index in [1.54, 1.807) is 24.2 Å². The van der Waals surface area contributed by atoms with Gasteiger partial charge in [0.2, 0.25) is 0 Å². The van der Waals surface area contributed by atoms with Crippen molar-refractivity contribution in [2.75, 3.05) is 13.1 Å². The van der Waals surface area contributed by atoms with Gasteiger partial charge in [0.25, 0.3) is 0 Å². The van der Waals surface area contributed by atoms with Crippen molar-refractivity contribution < 1.29 is 15.1 Å². The zero-order chi connectivity index (χ0) is 18.4. The number of piperidine rings is 1. The highest BCUT2D eigenvalue weighted by Crippen LogP contribution is 2.22. The summed E-state index contributed by atoms with van der Waals surface area (Å²) in [6.45, 7) is 5.69. The van der Waals surface area contributed by atoms with Gasteiger partial charge in [-0.15, -0.1) is 0 Å². The van der Waals surface area contributed by atoms with Gasteiger partial charge in [-0.1, -0.05) is 24.3 Å². The van der Waals surface area contributed by atoms with E-state index in [0.29, 0.717) is 23.4 Å². The number of aromatic nitrogens is 1. The third kappa shape index (κ3) is 4.48. The normalized spacial score (nSPS) is 15.6. The van der Waals surface area contributed by atoms with Crippen LogP contribution in [-0.2, 0) is 19.7 Å². The molecule has 1 aromatic heterocycles. The fraction of sp³-hybridized carbons (Fsp3) is 0.429. The van der Waals surface area contributed by atoms with E-state index in [0.717, 1.165) is 6.54 Å². The molecule has 3 N–H and O–H groups in total. The Morgan fingerprint density at radius 1 is 1.12 bits per heavy atom. The van der Waals surface area contributed by atoms with Gasteiger partial charge < -0.3 is 15.1 Å². The van der Waals surface area contributed by atoms with Gasteiger partial charge in [0.1, 0.15) is 12.3 Å². The second kappa shape index (κ2) is 8.92. The Morgan fingerprint density at radius 2 is 1.85 bits per heavy atom. The van der Waals surface area contributed by atoms with Crippen molar-refractivity contribution in [1.29, 1.82) is 0 Å². The summed E-state index contributed by atoms with van der Waals surface area (Å²) in [5.41, 5.74) is 4.25. The molecular weight excluding hydrogens is 326 g/mol. The SMILES string of the molecule is Cc1ncc(CO)c(C=NCc2ccccc2C[NH+]2CCCCC2)c1O. The van der Waals surface area contributed by atoms with Crippen LogP contribution < -0.4 is 4.90 Å². The molecule has 1 saturated heterocycles. The van der Waals surface area contributed by atoms with Crippen molar-refractivity contribution in [3.63, 3.8) is 0 Å². The summed E-state index contributed by atoms with van der Waals surface area (Å²) < 4.78 is 0. The summed E-state index contributed by atoms with van der Waals surface area (Å²) in [5, 5.41) is 19.7. The van der Waals surface area contributed by atoms with Gasteiger partial charge in [0.15, 0.2) is 0 Å². The molecule has 0 bridgehead atoms. The molecule has 0 unspecified atom stereocenters. The molecule has 5 heteroatoms. The minimum atomic E-state index is -0.170. The molecule has 1 aliphatic rings. The van der Waals surface area contributed by atoms with Gasteiger partial charge in [-0.3, -0.25) is 9.98 Å². The maximum Gasteiger partial charge on any atom is 0.145 e. The Labute approximate surface area is 155 Å².